The Labute approximate surface area is 558 Å². The highest BCUT2D eigenvalue weighted by atomic mass is 79.9. The lowest BCUT2D eigenvalue weighted by atomic mass is 9.80. The van der Waals surface area contributed by atoms with Gasteiger partial charge in [-0.2, -0.15) is 0 Å². The predicted molar refractivity (Wildman–Crippen MR) is 344 cm³/mol. The maximum atomic E-state index is 13.5. The van der Waals surface area contributed by atoms with Gasteiger partial charge >= 0.3 is 19.1 Å². The van der Waals surface area contributed by atoms with Crippen LogP contribution in [-0.2, 0) is 27.2 Å². The van der Waals surface area contributed by atoms with Crippen LogP contribution in [0.25, 0.3) is 42.6 Å². The lowest BCUT2D eigenvalue weighted by Crippen LogP contribution is -2.43. The Balaban J connectivity index is 0.000000210. The first-order valence-corrected chi connectivity index (χ1v) is 29.0. The third kappa shape index (κ3) is 18.5. The summed E-state index contributed by atoms with van der Waals surface area (Å²) in [5, 5.41) is 32.6. The molecule has 0 aliphatic rings. The molecule has 0 fully saturated rings. The number of nitrogens with zero attached hydrogens (tertiary/aromatic N) is 4. The van der Waals surface area contributed by atoms with Crippen LogP contribution in [-0.4, -0.2) is 80.4 Å². The van der Waals surface area contributed by atoms with Gasteiger partial charge in [0.25, 0.3) is 17.1 Å². The average Bonchev–Trinajstić information content (AvgIpc) is 0.905. The van der Waals surface area contributed by atoms with Crippen molar-refractivity contribution in [1.82, 2.24) is 20.6 Å². The Morgan fingerprint density at radius 1 is 0.573 bits per heavy atom. The van der Waals surface area contributed by atoms with Crippen molar-refractivity contribution < 1.29 is 57.0 Å². The van der Waals surface area contributed by atoms with E-state index in [0.29, 0.717) is 44.0 Å². The van der Waals surface area contributed by atoms with Gasteiger partial charge < -0.3 is 30.5 Å². The van der Waals surface area contributed by atoms with E-state index < -0.39 is 65.6 Å². The highest BCUT2D eigenvalue weighted by Gasteiger charge is 2.28. The van der Waals surface area contributed by atoms with Crippen molar-refractivity contribution >= 4 is 195 Å². The number of amides is 2. The molecule has 89 heavy (non-hydrogen) atoms. The van der Waals surface area contributed by atoms with Gasteiger partial charge in [-0.15, -0.1) is 0 Å². The van der Waals surface area contributed by atoms with Crippen LogP contribution in [0.5, 0.6) is 0 Å². The second-order valence-electron chi connectivity index (χ2n) is 18.1. The molecule has 9 rings (SSSR count). The number of carbonyl (C=O) groups is 5. The molecule has 0 saturated carbocycles. The molecule has 0 aliphatic carbocycles. The molecule has 29 heteroatoms. The molecule has 2 heterocycles. The fourth-order valence-electron chi connectivity index (χ4n) is 8.27. The molecule has 15 nitrogen and oxygen atoms in total. The Morgan fingerprint density at radius 3 is 1.43 bits per heavy atom. The number of nitrogens with one attached hydrogen (secondary N) is 2. The Hall–Kier alpha value is -7.25. The fraction of sp³-hybridized carbons (Fsp3) is 0.0833. The van der Waals surface area contributed by atoms with E-state index in [2.05, 4.69) is 46.2 Å². The van der Waals surface area contributed by atoms with Crippen molar-refractivity contribution in [3.63, 3.8) is 0 Å². The number of ether oxygens (including phenoxy) is 1. The molecular formula is C60H36BBrCl9F3N6O9. The lowest BCUT2D eigenvalue weighted by Gasteiger charge is -2.18. The number of hydrogen-bond acceptors (Lipinski definition) is 10. The zero-order valence-corrected chi connectivity index (χ0v) is 53.2. The topological polar surface area (TPSA) is 214 Å². The molecule has 0 saturated heterocycles. The molecular weight excluding hydrogens is 1420 g/mol. The summed E-state index contributed by atoms with van der Waals surface area (Å²) in [6.45, 7) is 13.8. The first kappa shape index (κ1) is 70.8. The summed E-state index contributed by atoms with van der Waals surface area (Å²) in [6.07, 6.45) is 3.33. The van der Waals surface area contributed by atoms with Gasteiger partial charge in [-0.3, -0.25) is 24.4 Å². The van der Waals surface area contributed by atoms with Crippen LogP contribution in [0.2, 0.25) is 40.2 Å². The Morgan fingerprint density at radius 2 is 0.989 bits per heavy atom. The summed E-state index contributed by atoms with van der Waals surface area (Å²) < 4.78 is 45.1. The van der Waals surface area contributed by atoms with Gasteiger partial charge in [0.05, 0.1) is 78.1 Å². The summed E-state index contributed by atoms with van der Waals surface area (Å²) in [7, 11) is -0.363. The number of benzene rings is 7. The maximum Gasteiger partial charge on any atom is 0.489 e. The van der Waals surface area contributed by atoms with E-state index in [4.69, 9.17) is 132 Å². The Bertz CT molecular complexity index is 4270. The van der Waals surface area contributed by atoms with Crippen LogP contribution in [0.1, 0.15) is 42.2 Å². The van der Waals surface area contributed by atoms with Crippen molar-refractivity contribution in [1.29, 1.82) is 0 Å². The van der Waals surface area contributed by atoms with Crippen molar-refractivity contribution in [2.45, 2.75) is 24.9 Å². The first-order chi connectivity index (χ1) is 42.2. The molecule has 0 radical (unpaired) electrons. The summed E-state index contributed by atoms with van der Waals surface area (Å²) in [6, 6.07) is 26.9. The summed E-state index contributed by atoms with van der Waals surface area (Å²) >= 11 is 55.5. The monoisotopic (exact) mass is 1450 g/mol. The minimum Gasteiger partial charge on any atom is -0.480 e. The largest absolute Gasteiger partial charge is 0.489 e. The fourth-order valence-corrected chi connectivity index (χ4v) is 11.5. The number of carboxylic acids is 1. The van der Waals surface area contributed by atoms with Crippen LogP contribution in [0.4, 0.5) is 24.5 Å². The van der Waals surface area contributed by atoms with Gasteiger partial charge in [0.15, 0.2) is 11.4 Å². The zero-order valence-electron chi connectivity index (χ0n) is 44.8. The number of esters is 1. The number of carbonyl (C=O) groups excluding carboxylic acids is 4. The highest BCUT2D eigenvalue weighted by Crippen LogP contribution is 2.37. The van der Waals surface area contributed by atoms with E-state index in [1.807, 2.05) is 18.2 Å². The molecule has 0 bridgehead atoms. The molecule has 2 amide bonds. The number of carboxylic acid groups (broad SMARTS) is 1. The van der Waals surface area contributed by atoms with E-state index in [1.165, 1.54) is 25.3 Å². The van der Waals surface area contributed by atoms with E-state index in [0.717, 1.165) is 57.3 Å². The predicted octanol–water partition coefficient (Wildman–Crippen LogP) is 16.0. The normalized spacial score (nSPS) is 11.2. The number of halogens is 13. The van der Waals surface area contributed by atoms with E-state index in [9.17, 15) is 42.3 Å². The molecule has 0 aliphatic heterocycles. The minimum absolute atomic E-state index is 0.0681. The lowest BCUT2D eigenvalue weighted by molar-refractivity contribution is -0.143. The standard InChI is InChI=1S/C26H15Cl3FN3O3.C20H14BrCl2FN2O3.C7H5BClNO2.C7H2Cl3FO/c1-31-15-5-7-17(19(27)12-15)18-6-4-13(16-3-2-8-32-24(16)18)9-22(26(35)36)33-25(34)23-20(28)10-14(30)11-21(23)29;1-29-20(28)16(26-19(27)17-14(22)8-11(24)9-15(17)23)7-10-4-5-13(21)18-12(10)3-2-6-25-18;1-10-5-2-3-6(8(11)12)7(9)4-5;8-4-1-3(11)2-5(9)6(4)7(10)12/h2-8,10-12,22H,9H2,(H,33,34)(H,35,36);2-6,8-9,16H,7H2,1H3,(H,26,27);2-4,11-12H;1-2H/t22-;16-;;/m00../s1. The van der Waals surface area contributed by atoms with Crippen LogP contribution in [0.15, 0.2) is 138 Å². The van der Waals surface area contributed by atoms with Crippen LogP contribution in [0.3, 0.4) is 0 Å². The third-order valence-corrected chi connectivity index (χ3v) is 15.6. The van der Waals surface area contributed by atoms with Gasteiger partial charge in [0, 0.05) is 56.1 Å². The summed E-state index contributed by atoms with van der Waals surface area (Å²) in [5.74, 6) is -5.48. The van der Waals surface area contributed by atoms with Crippen LogP contribution < -0.4 is 16.1 Å². The second kappa shape index (κ2) is 32.5. The van der Waals surface area contributed by atoms with E-state index >= 15 is 0 Å². The van der Waals surface area contributed by atoms with Gasteiger partial charge in [-0.05, 0) is 116 Å². The molecule has 9 aromatic rings. The number of rotatable bonds is 13. The smallest absolute Gasteiger partial charge is 0.480 e. The van der Waals surface area contributed by atoms with E-state index in [-0.39, 0.29) is 70.2 Å². The number of aliphatic carboxylic acids is 1. The van der Waals surface area contributed by atoms with Crippen LogP contribution >= 0.6 is 120 Å². The molecule has 0 spiro atoms. The highest BCUT2D eigenvalue weighted by molar-refractivity contribution is 9.10. The Kier molecular flexibility index (Phi) is 25.9. The quantitative estimate of drug-likeness (QED) is 0.0317. The minimum atomic E-state index is -1.59. The molecule has 2 aromatic heterocycles. The second-order valence-corrected chi connectivity index (χ2v) is 22.5. The molecule has 0 unspecified atom stereocenters. The number of aromatic nitrogens is 2. The van der Waals surface area contributed by atoms with Gasteiger partial charge in [0.2, 0.25) is 0 Å². The third-order valence-electron chi connectivity index (χ3n) is 12.3. The SMILES string of the molecule is COC(=O)[C@H](Cc1ccc(Br)c2ncccc12)NC(=O)c1c(Cl)cc(F)cc1Cl.O=C(Cl)c1c(Cl)cc(F)cc1Cl.[C-]#[N+]c1ccc(-c2ccc(C[C@H](NC(=O)c3c(Cl)cc(F)cc3Cl)C(=O)O)c3cccnc23)c(Cl)c1.[C-]#[N+]c1ccc(B(O)O)c(Cl)c1. The van der Waals surface area contributed by atoms with Gasteiger partial charge in [-0.25, -0.2) is 32.5 Å². The molecule has 5 N–H and O–H groups in total. The van der Waals surface area contributed by atoms with Crippen molar-refractivity contribution in [3.05, 3.63) is 246 Å². The van der Waals surface area contributed by atoms with Crippen molar-refractivity contribution in [3.8, 4) is 11.1 Å². The molecule has 2 atom stereocenters. The van der Waals surface area contributed by atoms with E-state index in [1.54, 1.807) is 60.9 Å². The van der Waals surface area contributed by atoms with Gasteiger partial charge in [-0.1, -0.05) is 147 Å². The molecule has 454 valence electrons. The van der Waals surface area contributed by atoms with Crippen molar-refractivity contribution in [2.75, 3.05) is 7.11 Å². The number of methoxy groups -OCH3 is 1. The van der Waals surface area contributed by atoms with Crippen LogP contribution in [0, 0.1) is 30.6 Å². The van der Waals surface area contributed by atoms with Gasteiger partial charge in [0.1, 0.15) is 29.5 Å². The number of hydrogen-bond donors (Lipinski definition) is 5. The molecule has 7 aromatic carbocycles. The zero-order chi connectivity index (χ0) is 65.6. The number of fused-ring (bicyclic) bond motifs is 2. The summed E-state index contributed by atoms with van der Waals surface area (Å²) in [4.78, 5) is 75.8. The number of pyridine rings is 2. The summed E-state index contributed by atoms with van der Waals surface area (Å²) in [5.41, 5.74) is 4.66. The first-order valence-electron chi connectivity index (χ1n) is 24.8. The average molecular weight is 1450 g/mol. The maximum absolute atomic E-state index is 13.5. The van der Waals surface area contributed by atoms with Crippen molar-refractivity contribution in [2.24, 2.45) is 0 Å².